The van der Waals surface area contributed by atoms with Gasteiger partial charge < -0.3 is 10.6 Å². The van der Waals surface area contributed by atoms with Crippen LogP contribution in [-0.2, 0) is 30.2 Å². The lowest BCUT2D eigenvalue weighted by Crippen LogP contribution is -2.37. The van der Waals surface area contributed by atoms with E-state index in [1.165, 1.54) is 4.31 Å². The van der Waals surface area contributed by atoms with Gasteiger partial charge in [-0.2, -0.15) is 9.40 Å². The highest BCUT2D eigenvalue weighted by Crippen LogP contribution is 2.17. The van der Waals surface area contributed by atoms with Crippen LogP contribution >= 0.6 is 24.0 Å². The number of rotatable bonds is 8. The largest absolute Gasteiger partial charge is 0.357 e. The lowest BCUT2D eigenvalue weighted by Gasteiger charge is -2.21. The van der Waals surface area contributed by atoms with Gasteiger partial charge >= 0.3 is 0 Å². The Morgan fingerprint density at radius 3 is 2.29 bits per heavy atom. The summed E-state index contributed by atoms with van der Waals surface area (Å²) < 4.78 is 28.4. The van der Waals surface area contributed by atoms with Gasteiger partial charge in [0.15, 0.2) is 5.96 Å². The van der Waals surface area contributed by atoms with E-state index in [0.717, 1.165) is 29.1 Å². The van der Waals surface area contributed by atoms with Crippen LogP contribution in [0.3, 0.4) is 0 Å². The van der Waals surface area contributed by atoms with Crippen molar-refractivity contribution in [1.82, 2.24) is 24.7 Å². The molecule has 0 fully saturated rings. The van der Waals surface area contributed by atoms with Crippen molar-refractivity contribution in [1.29, 1.82) is 0 Å². The number of halogens is 1. The van der Waals surface area contributed by atoms with E-state index >= 15 is 0 Å². The third-order valence-electron chi connectivity index (χ3n) is 5.18. The SMILES string of the molecule is CCNC(=NCc1ccc(S(=O)(=O)N(C)C(C)C)cc1)NCc1c(C)nn(C)c1C.I. The van der Waals surface area contributed by atoms with Crippen molar-refractivity contribution < 1.29 is 8.42 Å². The van der Waals surface area contributed by atoms with Crippen molar-refractivity contribution in [2.75, 3.05) is 13.6 Å². The smallest absolute Gasteiger partial charge is 0.243 e. The molecule has 10 heteroatoms. The lowest BCUT2D eigenvalue weighted by molar-refractivity contribution is 0.410. The summed E-state index contributed by atoms with van der Waals surface area (Å²) in [5, 5.41) is 11.0. The molecule has 2 aromatic rings. The molecular weight excluding hydrogens is 527 g/mol. The predicted molar refractivity (Wildman–Crippen MR) is 136 cm³/mol. The van der Waals surface area contributed by atoms with E-state index in [1.54, 1.807) is 19.2 Å². The Morgan fingerprint density at radius 1 is 1.19 bits per heavy atom. The molecule has 0 amide bonds. The topological polar surface area (TPSA) is 91.6 Å². The van der Waals surface area contributed by atoms with Crippen LogP contribution in [0.4, 0.5) is 0 Å². The zero-order chi connectivity index (χ0) is 22.5. The minimum atomic E-state index is -3.48. The number of sulfonamides is 1. The van der Waals surface area contributed by atoms with Crippen LogP contribution in [0.1, 0.15) is 43.3 Å². The van der Waals surface area contributed by atoms with Gasteiger partial charge in [-0.25, -0.2) is 13.4 Å². The Balaban J connectivity index is 0.00000480. The second kappa shape index (κ2) is 11.8. The Bertz CT molecular complexity index is 984. The Kier molecular flexibility index (Phi) is 10.4. The summed E-state index contributed by atoms with van der Waals surface area (Å²) in [5.74, 6) is 0.705. The van der Waals surface area contributed by atoms with Gasteiger partial charge in [-0.05, 0) is 52.3 Å². The van der Waals surface area contributed by atoms with Crippen molar-refractivity contribution in [3.8, 4) is 0 Å². The number of aryl methyl sites for hydroxylation is 2. The van der Waals surface area contributed by atoms with E-state index in [9.17, 15) is 8.42 Å². The molecule has 1 aromatic heterocycles. The number of aliphatic imine (C=N–C) groups is 1. The highest BCUT2D eigenvalue weighted by atomic mass is 127. The van der Waals surface area contributed by atoms with Gasteiger partial charge in [-0.15, -0.1) is 24.0 Å². The molecule has 0 atom stereocenters. The molecule has 174 valence electrons. The van der Waals surface area contributed by atoms with Crippen LogP contribution in [0.2, 0.25) is 0 Å². The van der Waals surface area contributed by atoms with Gasteiger partial charge in [0.05, 0.1) is 17.1 Å². The van der Waals surface area contributed by atoms with Crippen LogP contribution in [0.15, 0.2) is 34.2 Å². The van der Waals surface area contributed by atoms with E-state index in [4.69, 9.17) is 0 Å². The highest BCUT2D eigenvalue weighted by molar-refractivity contribution is 14.0. The van der Waals surface area contributed by atoms with Crippen molar-refractivity contribution in [3.63, 3.8) is 0 Å². The van der Waals surface area contributed by atoms with Crippen LogP contribution < -0.4 is 10.6 Å². The number of guanidine groups is 1. The van der Waals surface area contributed by atoms with Gasteiger partial charge in [-0.1, -0.05) is 12.1 Å². The third-order valence-corrected chi connectivity index (χ3v) is 7.23. The first kappa shape index (κ1) is 27.4. The van der Waals surface area contributed by atoms with E-state index < -0.39 is 10.0 Å². The van der Waals surface area contributed by atoms with Gasteiger partial charge in [0.2, 0.25) is 10.0 Å². The first-order valence-electron chi connectivity index (χ1n) is 10.2. The second-order valence-electron chi connectivity index (χ2n) is 7.58. The molecule has 0 saturated heterocycles. The fourth-order valence-corrected chi connectivity index (χ4v) is 4.34. The van der Waals surface area contributed by atoms with Crippen molar-refractivity contribution in [2.24, 2.45) is 12.0 Å². The Labute approximate surface area is 203 Å². The quantitative estimate of drug-likeness (QED) is 0.294. The maximum atomic E-state index is 12.6. The summed E-state index contributed by atoms with van der Waals surface area (Å²) >= 11 is 0. The molecule has 0 unspecified atom stereocenters. The third kappa shape index (κ3) is 6.91. The average Bonchev–Trinajstić information content (AvgIpc) is 2.95. The van der Waals surface area contributed by atoms with Crippen LogP contribution in [0, 0.1) is 13.8 Å². The van der Waals surface area contributed by atoms with Crippen LogP contribution in [0.25, 0.3) is 0 Å². The van der Waals surface area contributed by atoms with Gasteiger partial charge in [0.1, 0.15) is 0 Å². The standard InChI is InChI=1S/C21H34N6O2S.HI/c1-8-22-21(24-14-20-16(4)25-26(6)17(20)5)23-13-18-9-11-19(12-10-18)30(28,29)27(7)15(2)3;/h9-12,15H,8,13-14H2,1-7H3,(H2,22,23,24);1H. The normalized spacial score (nSPS) is 12.2. The summed E-state index contributed by atoms with van der Waals surface area (Å²) in [7, 11) is 0.0585. The molecule has 0 saturated carbocycles. The Hall–Kier alpha value is -1.66. The molecule has 0 bridgehead atoms. The molecule has 0 spiro atoms. The summed E-state index contributed by atoms with van der Waals surface area (Å²) in [5.41, 5.74) is 4.22. The maximum Gasteiger partial charge on any atom is 0.243 e. The summed E-state index contributed by atoms with van der Waals surface area (Å²) in [4.78, 5) is 4.92. The fraction of sp³-hybridized carbons (Fsp3) is 0.524. The average molecular weight is 563 g/mol. The first-order valence-corrected chi connectivity index (χ1v) is 11.6. The minimum absolute atomic E-state index is 0. The molecule has 2 N–H and O–H groups in total. The van der Waals surface area contributed by atoms with Gasteiger partial charge in [0.25, 0.3) is 0 Å². The molecule has 0 radical (unpaired) electrons. The van der Waals surface area contributed by atoms with Gasteiger partial charge in [0, 0.05) is 44.5 Å². The summed E-state index contributed by atoms with van der Waals surface area (Å²) in [6.07, 6.45) is 0. The number of benzene rings is 1. The zero-order valence-corrected chi connectivity index (χ0v) is 22.6. The number of nitrogens with one attached hydrogen (secondary N) is 2. The van der Waals surface area contributed by atoms with E-state index in [1.807, 2.05) is 58.5 Å². The number of hydrogen-bond acceptors (Lipinski definition) is 4. The lowest BCUT2D eigenvalue weighted by atomic mass is 10.2. The summed E-state index contributed by atoms with van der Waals surface area (Å²) in [6.45, 7) is 11.6. The monoisotopic (exact) mass is 562 g/mol. The first-order chi connectivity index (χ1) is 14.1. The highest BCUT2D eigenvalue weighted by Gasteiger charge is 2.22. The van der Waals surface area contributed by atoms with Crippen molar-refractivity contribution in [2.45, 2.75) is 58.6 Å². The second-order valence-corrected chi connectivity index (χ2v) is 9.58. The number of aromatic nitrogens is 2. The molecule has 31 heavy (non-hydrogen) atoms. The summed E-state index contributed by atoms with van der Waals surface area (Å²) in [6, 6.07) is 6.80. The van der Waals surface area contributed by atoms with Gasteiger partial charge in [-0.3, -0.25) is 4.68 Å². The minimum Gasteiger partial charge on any atom is -0.357 e. The zero-order valence-electron chi connectivity index (χ0n) is 19.4. The molecule has 1 aromatic carbocycles. The van der Waals surface area contributed by atoms with Crippen molar-refractivity contribution in [3.05, 3.63) is 46.8 Å². The molecule has 0 aliphatic heterocycles. The van der Waals surface area contributed by atoms with Crippen LogP contribution in [0.5, 0.6) is 0 Å². The van der Waals surface area contributed by atoms with Crippen LogP contribution in [-0.4, -0.2) is 48.1 Å². The molecule has 0 aliphatic carbocycles. The maximum absolute atomic E-state index is 12.6. The van der Waals surface area contributed by atoms with E-state index in [-0.39, 0.29) is 30.0 Å². The number of hydrogen-bond donors (Lipinski definition) is 2. The molecule has 0 aliphatic rings. The van der Waals surface area contributed by atoms with E-state index in [2.05, 4.69) is 20.7 Å². The molecule has 1 heterocycles. The van der Waals surface area contributed by atoms with Crippen molar-refractivity contribution >= 4 is 40.0 Å². The fourth-order valence-electron chi connectivity index (χ4n) is 2.97. The predicted octanol–water partition coefficient (Wildman–Crippen LogP) is 2.94. The molecule has 8 nitrogen and oxygen atoms in total. The Morgan fingerprint density at radius 2 is 1.81 bits per heavy atom. The molecular formula is C21H35IN6O2S. The molecule has 2 rings (SSSR count). The van der Waals surface area contributed by atoms with E-state index in [0.29, 0.717) is 23.9 Å². The number of nitrogens with zero attached hydrogens (tertiary/aromatic N) is 4.